The van der Waals surface area contributed by atoms with Crippen LogP contribution in [0.15, 0.2) is 36.2 Å². The van der Waals surface area contributed by atoms with Gasteiger partial charge < -0.3 is 16.6 Å². The Hall–Kier alpha value is -3.66. The second-order valence-corrected chi connectivity index (χ2v) is 7.08. The molecule has 0 aliphatic heterocycles. The number of halogens is 2. The standard InChI is InChI=1S/C20H18F2N6O2/c1-8-3-4-13(29)9(2)17(8)28-18(23)14(19(24)30)16-20(28)26-7-12(27-16)15-11(22)5-10(21)6-25-15/h3-7,9,13,29H,23H2,1-2H3,(H2,24,30)/t9-,13+/m0/s1. The van der Waals surface area contributed by atoms with Crippen molar-refractivity contribution in [3.63, 3.8) is 0 Å². The minimum Gasteiger partial charge on any atom is -0.388 e. The van der Waals surface area contributed by atoms with Crippen molar-refractivity contribution in [3.8, 4) is 11.4 Å². The number of rotatable bonds is 3. The molecule has 10 heteroatoms. The monoisotopic (exact) mass is 412 g/mol. The number of fused-ring (bicyclic) bond motifs is 1. The van der Waals surface area contributed by atoms with Crippen LogP contribution >= 0.6 is 0 Å². The molecule has 1 aliphatic carbocycles. The summed E-state index contributed by atoms with van der Waals surface area (Å²) < 4.78 is 28.9. The van der Waals surface area contributed by atoms with Crippen LogP contribution in [0.2, 0.25) is 0 Å². The van der Waals surface area contributed by atoms with E-state index in [4.69, 9.17) is 11.5 Å². The average Bonchev–Trinajstić information content (AvgIpc) is 2.96. The highest BCUT2D eigenvalue weighted by atomic mass is 19.1. The predicted octanol–water partition coefficient (Wildman–Crippen LogP) is 2.25. The third-order valence-electron chi connectivity index (χ3n) is 5.13. The van der Waals surface area contributed by atoms with Gasteiger partial charge in [0.25, 0.3) is 5.91 Å². The number of pyridine rings is 1. The van der Waals surface area contributed by atoms with Crippen LogP contribution in [0.3, 0.4) is 0 Å². The number of anilines is 1. The van der Waals surface area contributed by atoms with E-state index in [1.54, 1.807) is 12.2 Å². The number of hydrogen-bond donors (Lipinski definition) is 3. The molecule has 1 amide bonds. The summed E-state index contributed by atoms with van der Waals surface area (Å²) >= 11 is 0. The fourth-order valence-corrected chi connectivity index (χ4v) is 3.66. The Morgan fingerprint density at radius 2 is 2.00 bits per heavy atom. The summed E-state index contributed by atoms with van der Waals surface area (Å²) in [7, 11) is 0. The molecule has 2 atom stereocenters. The Morgan fingerprint density at radius 3 is 2.67 bits per heavy atom. The minimum atomic E-state index is -0.926. The van der Waals surface area contributed by atoms with Gasteiger partial charge in [0, 0.05) is 17.7 Å². The lowest BCUT2D eigenvalue weighted by Gasteiger charge is -2.27. The molecule has 0 fully saturated rings. The first-order valence-corrected chi connectivity index (χ1v) is 9.06. The summed E-state index contributed by atoms with van der Waals surface area (Å²) in [6.07, 6.45) is 4.75. The van der Waals surface area contributed by atoms with Crippen molar-refractivity contribution in [1.82, 2.24) is 19.5 Å². The summed E-state index contributed by atoms with van der Waals surface area (Å²) in [4.78, 5) is 24.5. The lowest BCUT2D eigenvalue weighted by molar-refractivity contribution is 0.100. The molecule has 0 bridgehead atoms. The van der Waals surface area contributed by atoms with Gasteiger partial charge in [-0.2, -0.15) is 0 Å². The van der Waals surface area contributed by atoms with Crippen molar-refractivity contribution in [2.24, 2.45) is 11.7 Å². The third-order valence-corrected chi connectivity index (χ3v) is 5.13. The molecular weight excluding hydrogens is 394 g/mol. The van der Waals surface area contributed by atoms with Gasteiger partial charge in [-0.05, 0) is 12.5 Å². The Kier molecular flexibility index (Phi) is 4.58. The van der Waals surface area contributed by atoms with Crippen LogP contribution in [0.1, 0.15) is 24.2 Å². The summed E-state index contributed by atoms with van der Waals surface area (Å²) in [5.41, 5.74) is 13.2. The Balaban J connectivity index is 2.02. The van der Waals surface area contributed by atoms with Gasteiger partial charge in [-0.3, -0.25) is 9.36 Å². The second-order valence-electron chi connectivity index (χ2n) is 7.08. The van der Waals surface area contributed by atoms with E-state index in [9.17, 15) is 18.7 Å². The number of amides is 1. The maximum absolute atomic E-state index is 14.2. The molecule has 30 heavy (non-hydrogen) atoms. The number of primary amides is 1. The van der Waals surface area contributed by atoms with Gasteiger partial charge in [0.2, 0.25) is 0 Å². The number of aliphatic hydroxyl groups is 1. The molecule has 0 radical (unpaired) electrons. The van der Waals surface area contributed by atoms with Crippen molar-refractivity contribution in [3.05, 3.63) is 53.4 Å². The summed E-state index contributed by atoms with van der Waals surface area (Å²) in [5.74, 6) is -2.95. The van der Waals surface area contributed by atoms with E-state index in [1.165, 1.54) is 10.8 Å². The van der Waals surface area contributed by atoms with Crippen LogP contribution in [0.25, 0.3) is 28.2 Å². The largest absolute Gasteiger partial charge is 0.388 e. The molecule has 4 rings (SSSR count). The van der Waals surface area contributed by atoms with Gasteiger partial charge in [-0.25, -0.2) is 23.7 Å². The summed E-state index contributed by atoms with van der Waals surface area (Å²) in [6, 6.07) is 0.675. The first-order valence-electron chi connectivity index (χ1n) is 9.06. The smallest absolute Gasteiger partial charge is 0.254 e. The highest BCUT2D eigenvalue weighted by Gasteiger charge is 2.30. The molecule has 5 N–H and O–H groups in total. The van der Waals surface area contributed by atoms with Crippen LogP contribution in [0.5, 0.6) is 0 Å². The van der Waals surface area contributed by atoms with Crippen LogP contribution in [0, 0.1) is 17.6 Å². The van der Waals surface area contributed by atoms with Gasteiger partial charge in [-0.15, -0.1) is 0 Å². The number of aromatic nitrogens is 4. The van der Waals surface area contributed by atoms with E-state index in [2.05, 4.69) is 15.0 Å². The SMILES string of the molecule is CC1=C(n2c(N)c(C(N)=O)c3nc(-c4ncc(F)cc4F)cnc32)[C@@H](C)[C@H](O)C=C1. The van der Waals surface area contributed by atoms with E-state index >= 15 is 0 Å². The van der Waals surface area contributed by atoms with Gasteiger partial charge in [0.1, 0.15) is 34.1 Å². The number of nitrogen functional groups attached to an aromatic ring is 1. The van der Waals surface area contributed by atoms with Gasteiger partial charge in [-0.1, -0.05) is 19.1 Å². The Bertz CT molecular complexity index is 1260. The molecule has 0 saturated heterocycles. The molecule has 1 aliphatic rings. The average molecular weight is 412 g/mol. The van der Waals surface area contributed by atoms with Gasteiger partial charge in [0.05, 0.1) is 18.5 Å². The number of carbonyl (C=O) groups is 1. The van der Waals surface area contributed by atoms with Crippen molar-refractivity contribution < 1.29 is 18.7 Å². The number of hydrogen-bond acceptors (Lipinski definition) is 6. The van der Waals surface area contributed by atoms with Crippen LogP contribution in [-0.2, 0) is 0 Å². The van der Waals surface area contributed by atoms with Crippen LogP contribution in [-0.4, -0.2) is 36.6 Å². The van der Waals surface area contributed by atoms with E-state index in [0.717, 1.165) is 11.8 Å². The number of allylic oxidation sites excluding steroid dienone is 2. The zero-order valence-corrected chi connectivity index (χ0v) is 16.1. The predicted molar refractivity (Wildman–Crippen MR) is 107 cm³/mol. The molecule has 0 spiro atoms. The fourth-order valence-electron chi connectivity index (χ4n) is 3.66. The highest BCUT2D eigenvalue weighted by Crippen LogP contribution is 2.37. The first kappa shape index (κ1) is 19.6. The molecule has 3 heterocycles. The molecule has 3 aromatic rings. The van der Waals surface area contributed by atoms with E-state index in [1.807, 2.05) is 13.8 Å². The van der Waals surface area contributed by atoms with E-state index in [0.29, 0.717) is 11.8 Å². The molecule has 8 nitrogen and oxygen atoms in total. The topological polar surface area (TPSA) is 133 Å². The van der Waals surface area contributed by atoms with Crippen molar-refractivity contribution in [1.29, 1.82) is 0 Å². The molecule has 3 aromatic heterocycles. The lowest BCUT2D eigenvalue weighted by atomic mass is 9.91. The summed E-state index contributed by atoms with van der Waals surface area (Å²) in [6.45, 7) is 3.64. The lowest BCUT2D eigenvalue weighted by Crippen LogP contribution is -2.24. The Labute approximate surface area is 169 Å². The molecule has 0 saturated carbocycles. The first-order chi connectivity index (χ1) is 14.2. The third kappa shape index (κ3) is 2.92. The van der Waals surface area contributed by atoms with Crippen molar-refractivity contribution in [2.45, 2.75) is 20.0 Å². The van der Waals surface area contributed by atoms with E-state index in [-0.39, 0.29) is 39.9 Å². The zero-order valence-electron chi connectivity index (χ0n) is 16.1. The number of nitrogens with zero attached hydrogens (tertiary/aromatic N) is 4. The number of carbonyl (C=O) groups excluding carboxylic acids is 1. The normalized spacial score (nSPS) is 19.0. The molecule has 0 unspecified atom stereocenters. The van der Waals surface area contributed by atoms with Crippen molar-refractivity contribution in [2.75, 3.05) is 5.73 Å². The Morgan fingerprint density at radius 1 is 1.27 bits per heavy atom. The van der Waals surface area contributed by atoms with Gasteiger partial charge in [0.15, 0.2) is 11.5 Å². The van der Waals surface area contributed by atoms with Crippen LogP contribution < -0.4 is 11.5 Å². The van der Waals surface area contributed by atoms with Crippen LogP contribution in [0.4, 0.5) is 14.6 Å². The molecule has 0 aromatic carbocycles. The molecular formula is C20H18F2N6O2. The maximum Gasteiger partial charge on any atom is 0.254 e. The molecule has 154 valence electrons. The zero-order chi connectivity index (χ0) is 21.7. The van der Waals surface area contributed by atoms with Crippen molar-refractivity contribution >= 4 is 28.6 Å². The highest BCUT2D eigenvalue weighted by molar-refractivity contribution is 6.10. The van der Waals surface area contributed by atoms with Gasteiger partial charge >= 0.3 is 0 Å². The van der Waals surface area contributed by atoms with E-state index < -0.39 is 23.6 Å². The maximum atomic E-state index is 14.2. The minimum absolute atomic E-state index is 0.00545. The quantitative estimate of drug-likeness (QED) is 0.604. The summed E-state index contributed by atoms with van der Waals surface area (Å²) in [5, 5.41) is 10.3. The fraction of sp³-hybridized carbons (Fsp3) is 0.200. The number of nitrogens with two attached hydrogens (primary N) is 2. The second kappa shape index (κ2) is 6.99. The number of aliphatic hydroxyl groups excluding tert-OH is 1.